The molecule has 1 atom stereocenters. The van der Waals surface area contributed by atoms with Crippen LogP contribution in [0.25, 0.3) is 0 Å². The van der Waals surface area contributed by atoms with Crippen molar-refractivity contribution in [2.75, 3.05) is 0 Å². The highest BCUT2D eigenvalue weighted by atomic mass is 16.1. The highest BCUT2D eigenvalue weighted by Crippen LogP contribution is 1.63. The van der Waals surface area contributed by atoms with Crippen LogP contribution >= 0.6 is 0 Å². The van der Waals surface area contributed by atoms with Crippen molar-refractivity contribution in [2.24, 2.45) is 5.73 Å². The quantitative estimate of drug-likeness (QED) is 0.277. The molecule has 0 saturated heterocycles. The van der Waals surface area contributed by atoms with Crippen molar-refractivity contribution in [1.29, 1.82) is 0 Å². The molecule has 0 aromatic rings. The summed E-state index contributed by atoms with van der Waals surface area (Å²) in [7, 11) is 0. The standard InChI is InChI=1S/C4H8N2O/c1-2-4(5)6-3-7/h2-4H,1,5H2,(H,6,7). The van der Waals surface area contributed by atoms with E-state index in [2.05, 4.69) is 11.9 Å². The first-order valence-corrected chi connectivity index (χ1v) is 1.89. The van der Waals surface area contributed by atoms with Crippen LogP contribution in [0.5, 0.6) is 0 Å². The summed E-state index contributed by atoms with van der Waals surface area (Å²) < 4.78 is 0. The van der Waals surface area contributed by atoms with E-state index in [0.29, 0.717) is 6.41 Å². The zero-order chi connectivity index (χ0) is 5.70. The van der Waals surface area contributed by atoms with Crippen molar-refractivity contribution >= 4 is 6.41 Å². The Bertz CT molecular complexity index is 72.1. The minimum atomic E-state index is -0.405. The molecular weight excluding hydrogens is 92.1 g/mol. The van der Waals surface area contributed by atoms with Gasteiger partial charge >= 0.3 is 0 Å². The fourth-order valence-electron chi connectivity index (χ4n) is 0.147. The van der Waals surface area contributed by atoms with Crippen LogP contribution in [0.1, 0.15) is 0 Å². The fourth-order valence-corrected chi connectivity index (χ4v) is 0.147. The second kappa shape index (κ2) is 3.36. The molecule has 40 valence electrons. The number of carbonyl (C=O) groups is 1. The smallest absolute Gasteiger partial charge is 0.208 e. The van der Waals surface area contributed by atoms with Crippen LogP contribution in [-0.2, 0) is 4.79 Å². The van der Waals surface area contributed by atoms with Crippen LogP contribution < -0.4 is 11.1 Å². The third-order valence-corrected chi connectivity index (χ3v) is 0.514. The van der Waals surface area contributed by atoms with E-state index in [1.54, 1.807) is 0 Å². The van der Waals surface area contributed by atoms with Crippen molar-refractivity contribution in [3.63, 3.8) is 0 Å². The summed E-state index contributed by atoms with van der Waals surface area (Å²) in [5.41, 5.74) is 5.12. The van der Waals surface area contributed by atoms with Gasteiger partial charge in [-0.25, -0.2) is 0 Å². The Labute approximate surface area is 42.2 Å². The van der Waals surface area contributed by atoms with Gasteiger partial charge in [0.25, 0.3) is 0 Å². The monoisotopic (exact) mass is 100 g/mol. The van der Waals surface area contributed by atoms with Crippen LogP contribution in [-0.4, -0.2) is 12.6 Å². The van der Waals surface area contributed by atoms with Crippen LogP contribution in [0.15, 0.2) is 12.7 Å². The molecule has 0 aliphatic heterocycles. The van der Waals surface area contributed by atoms with Gasteiger partial charge in [0.2, 0.25) is 6.41 Å². The lowest BCUT2D eigenvalue weighted by Crippen LogP contribution is -2.33. The van der Waals surface area contributed by atoms with Gasteiger partial charge in [0, 0.05) is 0 Å². The molecule has 0 rings (SSSR count). The van der Waals surface area contributed by atoms with Gasteiger partial charge in [-0.1, -0.05) is 12.7 Å². The normalized spacial score (nSPS) is 12.1. The van der Waals surface area contributed by atoms with Crippen LogP contribution in [0.2, 0.25) is 0 Å². The molecule has 0 aromatic heterocycles. The summed E-state index contributed by atoms with van der Waals surface area (Å²) >= 11 is 0. The molecule has 0 heterocycles. The van der Waals surface area contributed by atoms with Gasteiger partial charge in [-0.3, -0.25) is 4.79 Å². The lowest BCUT2D eigenvalue weighted by molar-refractivity contribution is -0.109. The lowest BCUT2D eigenvalue weighted by Gasteiger charge is -1.99. The Morgan fingerprint density at radius 3 is 2.57 bits per heavy atom. The molecule has 0 fully saturated rings. The maximum Gasteiger partial charge on any atom is 0.208 e. The number of hydrogen-bond acceptors (Lipinski definition) is 2. The zero-order valence-electron chi connectivity index (χ0n) is 3.92. The summed E-state index contributed by atoms with van der Waals surface area (Å²) in [5, 5.41) is 2.27. The van der Waals surface area contributed by atoms with Crippen LogP contribution in [0, 0.1) is 0 Å². The van der Waals surface area contributed by atoms with Crippen LogP contribution in [0.4, 0.5) is 0 Å². The fraction of sp³-hybridized carbons (Fsp3) is 0.250. The summed E-state index contributed by atoms with van der Waals surface area (Å²) in [6, 6.07) is 0. The predicted octanol–water partition coefficient (Wildman–Crippen LogP) is -0.797. The summed E-state index contributed by atoms with van der Waals surface area (Å²) in [6.45, 7) is 3.33. The molecule has 3 heteroatoms. The summed E-state index contributed by atoms with van der Waals surface area (Å²) in [6.07, 6.45) is 1.57. The first kappa shape index (κ1) is 6.17. The lowest BCUT2D eigenvalue weighted by atomic mass is 10.5. The van der Waals surface area contributed by atoms with E-state index < -0.39 is 6.17 Å². The number of nitrogens with two attached hydrogens (primary N) is 1. The van der Waals surface area contributed by atoms with Gasteiger partial charge in [0.1, 0.15) is 0 Å². The van der Waals surface area contributed by atoms with Gasteiger partial charge in [-0.15, -0.1) is 0 Å². The van der Waals surface area contributed by atoms with Crippen molar-refractivity contribution < 1.29 is 4.79 Å². The molecule has 0 bridgehead atoms. The molecule has 0 saturated carbocycles. The highest BCUT2D eigenvalue weighted by Gasteiger charge is 1.85. The van der Waals surface area contributed by atoms with E-state index in [1.807, 2.05) is 0 Å². The number of carbonyl (C=O) groups excluding carboxylic acids is 1. The highest BCUT2D eigenvalue weighted by molar-refractivity contribution is 5.46. The first-order chi connectivity index (χ1) is 3.31. The van der Waals surface area contributed by atoms with Gasteiger partial charge in [0.15, 0.2) is 0 Å². The molecule has 0 aliphatic rings. The molecule has 1 unspecified atom stereocenters. The number of amides is 1. The number of hydrogen-bond donors (Lipinski definition) is 2. The molecular formula is C4H8N2O. The van der Waals surface area contributed by atoms with E-state index in [1.165, 1.54) is 6.08 Å². The largest absolute Gasteiger partial charge is 0.340 e. The van der Waals surface area contributed by atoms with Crippen molar-refractivity contribution in [3.05, 3.63) is 12.7 Å². The molecule has 3 N–H and O–H groups in total. The number of rotatable bonds is 3. The number of nitrogens with one attached hydrogen (secondary N) is 1. The maximum absolute atomic E-state index is 9.54. The van der Waals surface area contributed by atoms with Crippen LogP contribution in [0.3, 0.4) is 0 Å². The molecule has 0 spiro atoms. The minimum absolute atomic E-state index is 0.405. The van der Waals surface area contributed by atoms with Gasteiger partial charge < -0.3 is 11.1 Å². The van der Waals surface area contributed by atoms with Gasteiger partial charge in [0.05, 0.1) is 6.17 Å². The second-order valence-corrected chi connectivity index (χ2v) is 1.05. The predicted molar refractivity (Wildman–Crippen MR) is 27.4 cm³/mol. The minimum Gasteiger partial charge on any atom is -0.340 e. The van der Waals surface area contributed by atoms with Crippen molar-refractivity contribution in [3.8, 4) is 0 Å². The Kier molecular flexibility index (Phi) is 2.96. The Morgan fingerprint density at radius 1 is 1.86 bits per heavy atom. The molecule has 1 amide bonds. The van der Waals surface area contributed by atoms with Gasteiger partial charge in [-0.2, -0.15) is 0 Å². The second-order valence-electron chi connectivity index (χ2n) is 1.05. The van der Waals surface area contributed by atoms with E-state index >= 15 is 0 Å². The third kappa shape index (κ3) is 2.99. The Hall–Kier alpha value is -0.830. The molecule has 3 nitrogen and oxygen atoms in total. The molecule has 0 radical (unpaired) electrons. The average Bonchev–Trinajstić information content (AvgIpc) is 1.68. The Balaban J connectivity index is 3.15. The van der Waals surface area contributed by atoms with E-state index in [-0.39, 0.29) is 0 Å². The van der Waals surface area contributed by atoms with E-state index in [0.717, 1.165) is 0 Å². The SMILES string of the molecule is C=CC(N)NC=O. The summed E-state index contributed by atoms with van der Waals surface area (Å²) in [4.78, 5) is 9.54. The first-order valence-electron chi connectivity index (χ1n) is 1.89. The van der Waals surface area contributed by atoms with E-state index in [9.17, 15) is 4.79 Å². The van der Waals surface area contributed by atoms with Crippen molar-refractivity contribution in [2.45, 2.75) is 6.17 Å². The average molecular weight is 100 g/mol. The zero-order valence-corrected chi connectivity index (χ0v) is 3.92. The summed E-state index contributed by atoms with van der Waals surface area (Å²) in [5.74, 6) is 0. The van der Waals surface area contributed by atoms with E-state index in [4.69, 9.17) is 5.73 Å². The Morgan fingerprint density at radius 2 is 2.43 bits per heavy atom. The molecule has 0 aromatic carbocycles. The third-order valence-electron chi connectivity index (χ3n) is 0.514. The molecule has 7 heavy (non-hydrogen) atoms. The van der Waals surface area contributed by atoms with Crippen molar-refractivity contribution in [1.82, 2.24) is 5.32 Å². The maximum atomic E-state index is 9.54. The molecule has 0 aliphatic carbocycles. The van der Waals surface area contributed by atoms with Gasteiger partial charge in [-0.05, 0) is 0 Å². The topological polar surface area (TPSA) is 55.1 Å².